The van der Waals surface area contributed by atoms with Gasteiger partial charge >= 0.3 is 0 Å². The number of anilines is 2. The lowest BCUT2D eigenvalue weighted by Crippen LogP contribution is -2.61. The molecule has 1 aromatic carbocycles. The van der Waals surface area contributed by atoms with Crippen LogP contribution in [0.3, 0.4) is 0 Å². The summed E-state index contributed by atoms with van der Waals surface area (Å²) in [6.45, 7) is 7.98. The van der Waals surface area contributed by atoms with Crippen LogP contribution in [0.1, 0.15) is 37.8 Å². The molecule has 0 spiro atoms. The van der Waals surface area contributed by atoms with Crippen LogP contribution in [0.5, 0.6) is 5.75 Å². The van der Waals surface area contributed by atoms with Gasteiger partial charge in [0.15, 0.2) is 11.6 Å². The Morgan fingerprint density at radius 2 is 2.04 bits per heavy atom. The molecular formula is C21H25N3O3. The number of aryl methyl sites for hydroxylation is 1. The summed E-state index contributed by atoms with van der Waals surface area (Å²) >= 11 is 0. The van der Waals surface area contributed by atoms with Gasteiger partial charge in [0.05, 0.1) is 0 Å². The lowest BCUT2D eigenvalue weighted by Gasteiger charge is -2.38. The molecule has 2 heterocycles. The Kier molecular flexibility index (Phi) is 5.17. The number of benzene rings is 1. The van der Waals surface area contributed by atoms with Gasteiger partial charge in [-0.15, -0.1) is 0 Å². The fourth-order valence-electron chi connectivity index (χ4n) is 3.08. The second-order valence-electron chi connectivity index (χ2n) is 6.97. The summed E-state index contributed by atoms with van der Waals surface area (Å²) in [5.41, 5.74) is 1.05. The zero-order valence-corrected chi connectivity index (χ0v) is 16.2. The van der Waals surface area contributed by atoms with Crippen LogP contribution >= 0.6 is 0 Å². The molecule has 0 saturated heterocycles. The molecule has 1 aromatic heterocycles. The van der Waals surface area contributed by atoms with E-state index in [1.54, 1.807) is 23.2 Å². The van der Waals surface area contributed by atoms with E-state index in [9.17, 15) is 9.59 Å². The summed E-state index contributed by atoms with van der Waals surface area (Å²) < 4.78 is 5.88. The first kappa shape index (κ1) is 18.9. The Bertz CT molecular complexity index is 881. The monoisotopic (exact) mass is 367 g/mol. The Morgan fingerprint density at radius 1 is 1.26 bits per heavy atom. The number of hydrogen-bond donors (Lipinski definition) is 1. The number of nitrogens with zero attached hydrogens (tertiary/aromatic N) is 2. The maximum atomic E-state index is 13.2. The summed E-state index contributed by atoms with van der Waals surface area (Å²) in [7, 11) is 0. The van der Waals surface area contributed by atoms with Gasteiger partial charge in [0.25, 0.3) is 17.4 Å². The van der Waals surface area contributed by atoms with Crippen LogP contribution < -0.4 is 15.0 Å². The molecule has 6 heteroatoms. The molecule has 0 bridgehead atoms. The third-order valence-electron chi connectivity index (χ3n) is 5.00. The van der Waals surface area contributed by atoms with Crippen molar-refractivity contribution in [1.29, 1.82) is 0 Å². The Balaban J connectivity index is 1.95. The minimum Gasteiger partial charge on any atom is -0.464 e. The highest BCUT2D eigenvalue weighted by atomic mass is 16.5. The molecule has 1 aliphatic rings. The van der Waals surface area contributed by atoms with Crippen molar-refractivity contribution in [2.75, 3.05) is 16.8 Å². The number of ether oxygens (including phenoxy) is 1. The standard InChI is InChI=1S/C21H25N3O3/c1-5-6-13-24-18-17(11-8-12-22-18)27-21(4,20(24)26)19(25)23-16-10-7-9-14(2)15(16)3/h7-12H,5-6,13H2,1-4H3,(H,23,25). The molecule has 27 heavy (non-hydrogen) atoms. The summed E-state index contributed by atoms with van der Waals surface area (Å²) in [5, 5.41) is 2.87. The molecule has 1 aliphatic heterocycles. The van der Waals surface area contributed by atoms with E-state index in [4.69, 9.17) is 4.74 Å². The van der Waals surface area contributed by atoms with Crippen LogP contribution in [0.2, 0.25) is 0 Å². The fourth-order valence-corrected chi connectivity index (χ4v) is 3.08. The minimum absolute atomic E-state index is 0.398. The summed E-state index contributed by atoms with van der Waals surface area (Å²) in [6, 6.07) is 9.13. The molecule has 0 saturated carbocycles. The molecule has 1 N–H and O–H groups in total. The van der Waals surface area contributed by atoms with Crippen molar-refractivity contribution in [2.24, 2.45) is 0 Å². The molecule has 0 aliphatic carbocycles. The topological polar surface area (TPSA) is 71.5 Å². The van der Waals surface area contributed by atoms with Crippen molar-refractivity contribution in [3.8, 4) is 5.75 Å². The van der Waals surface area contributed by atoms with Gasteiger partial charge in [-0.1, -0.05) is 25.5 Å². The molecule has 2 amide bonds. The first-order valence-electron chi connectivity index (χ1n) is 9.22. The quantitative estimate of drug-likeness (QED) is 0.820. The lowest BCUT2D eigenvalue weighted by molar-refractivity contribution is -0.145. The predicted octanol–water partition coefficient (Wildman–Crippen LogP) is 3.62. The van der Waals surface area contributed by atoms with Crippen molar-refractivity contribution in [2.45, 2.75) is 46.1 Å². The average molecular weight is 367 g/mol. The van der Waals surface area contributed by atoms with Crippen LogP contribution in [0.25, 0.3) is 0 Å². The highest BCUT2D eigenvalue weighted by Gasteiger charge is 2.51. The van der Waals surface area contributed by atoms with E-state index < -0.39 is 17.4 Å². The molecule has 1 unspecified atom stereocenters. The van der Waals surface area contributed by atoms with Gasteiger partial charge in [0, 0.05) is 18.4 Å². The van der Waals surface area contributed by atoms with Crippen LogP contribution in [-0.2, 0) is 9.59 Å². The SMILES string of the molecule is CCCCN1C(=O)C(C)(C(=O)Nc2cccc(C)c2C)Oc2cccnc21. The van der Waals surface area contributed by atoms with Crippen molar-refractivity contribution in [1.82, 2.24) is 4.98 Å². The molecular weight excluding hydrogens is 342 g/mol. The smallest absolute Gasteiger partial charge is 0.282 e. The van der Waals surface area contributed by atoms with E-state index in [1.165, 1.54) is 6.92 Å². The number of carbonyl (C=O) groups is 2. The number of carbonyl (C=O) groups excluding carboxylic acids is 2. The van der Waals surface area contributed by atoms with Crippen LogP contribution in [-0.4, -0.2) is 28.9 Å². The van der Waals surface area contributed by atoms with Gasteiger partial charge in [-0.25, -0.2) is 4.98 Å². The maximum absolute atomic E-state index is 13.2. The average Bonchev–Trinajstić information content (AvgIpc) is 2.66. The number of fused-ring (bicyclic) bond motifs is 1. The summed E-state index contributed by atoms with van der Waals surface area (Å²) in [4.78, 5) is 32.1. The van der Waals surface area contributed by atoms with Gasteiger partial charge in [-0.2, -0.15) is 0 Å². The van der Waals surface area contributed by atoms with Gasteiger partial charge in [0.1, 0.15) is 0 Å². The van der Waals surface area contributed by atoms with E-state index in [0.29, 0.717) is 23.8 Å². The third-order valence-corrected chi connectivity index (χ3v) is 5.00. The first-order chi connectivity index (χ1) is 12.9. The van der Waals surface area contributed by atoms with Crippen molar-refractivity contribution in [3.05, 3.63) is 47.7 Å². The molecule has 0 radical (unpaired) electrons. The van der Waals surface area contributed by atoms with E-state index in [0.717, 1.165) is 24.0 Å². The van der Waals surface area contributed by atoms with E-state index >= 15 is 0 Å². The van der Waals surface area contributed by atoms with Crippen LogP contribution in [0, 0.1) is 13.8 Å². The van der Waals surface area contributed by atoms with E-state index in [2.05, 4.69) is 17.2 Å². The largest absolute Gasteiger partial charge is 0.464 e. The summed E-state index contributed by atoms with van der Waals surface area (Å²) in [6.07, 6.45) is 3.36. The molecule has 3 rings (SSSR count). The van der Waals surface area contributed by atoms with Crippen molar-refractivity contribution in [3.63, 3.8) is 0 Å². The number of amides is 2. The molecule has 2 aromatic rings. The van der Waals surface area contributed by atoms with E-state index in [1.807, 2.05) is 32.0 Å². The van der Waals surface area contributed by atoms with Crippen LogP contribution in [0.15, 0.2) is 36.5 Å². The maximum Gasteiger partial charge on any atom is 0.282 e. The number of nitrogens with one attached hydrogen (secondary N) is 1. The van der Waals surface area contributed by atoms with Crippen molar-refractivity contribution >= 4 is 23.3 Å². The zero-order chi connectivity index (χ0) is 19.6. The number of rotatable bonds is 5. The third kappa shape index (κ3) is 3.39. The predicted molar refractivity (Wildman–Crippen MR) is 105 cm³/mol. The number of aromatic nitrogens is 1. The van der Waals surface area contributed by atoms with E-state index in [-0.39, 0.29) is 0 Å². The van der Waals surface area contributed by atoms with Crippen LogP contribution in [0.4, 0.5) is 11.5 Å². The number of pyridine rings is 1. The first-order valence-corrected chi connectivity index (χ1v) is 9.22. The highest BCUT2D eigenvalue weighted by Crippen LogP contribution is 2.36. The number of unbranched alkanes of at least 4 members (excludes halogenated alkanes) is 1. The molecule has 142 valence electrons. The molecule has 0 fully saturated rings. The molecule has 6 nitrogen and oxygen atoms in total. The van der Waals surface area contributed by atoms with Gasteiger partial charge < -0.3 is 10.1 Å². The fraction of sp³-hybridized carbons (Fsp3) is 0.381. The second kappa shape index (κ2) is 7.39. The Labute approximate surface area is 159 Å². The number of hydrogen-bond acceptors (Lipinski definition) is 4. The lowest BCUT2D eigenvalue weighted by atomic mass is 9.99. The summed E-state index contributed by atoms with van der Waals surface area (Å²) in [5.74, 6) is 0.0157. The minimum atomic E-state index is -1.65. The van der Waals surface area contributed by atoms with Gasteiger partial charge in [-0.05, 0) is 56.5 Å². The second-order valence-corrected chi connectivity index (χ2v) is 6.97. The Morgan fingerprint density at radius 3 is 2.78 bits per heavy atom. The molecule has 1 atom stereocenters. The normalized spacial score (nSPS) is 18.7. The Hall–Kier alpha value is -2.89. The van der Waals surface area contributed by atoms with Crippen molar-refractivity contribution < 1.29 is 14.3 Å². The highest BCUT2D eigenvalue weighted by molar-refractivity contribution is 6.19. The zero-order valence-electron chi connectivity index (χ0n) is 16.2. The van der Waals surface area contributed by atoms with Gasteiger partial charge in [-0.3, -0.25) is 14.5 Å². The van der Waals surface area contributed by atoms with Gasteiger partial charge in [0.2, 0.25) is 0 Å².